The Kier molecular flexibility index (Phi) is 4.63. The molecule has 2 heterocycles. The summed E-state index contributed by atoms with van der Waals surface area (Å²) in [6.07, 6.45) is 4.01. The number of aliphatic hydroxyl groups excluding tert-OH is 1. The van der Waals surface area contributed by atoms with E-state index in [1.165, 1.54) is 0 Å². The summed E-state index contributed by atoms with van der Waals surface area (Å²) in [6, 6.07) is 0.0147. The highest BCUT2D eigenvalue weighted by molar-refractivity contribution is 6.74. The first-order chi connectivity index (χ1) is 9.62. The predicted octanol–water partition coefficient (Wildman–Crippen LogP) is 2.21. The Hall–Kier alpha value is -0.693. The summed E-state index contributed by atoms with van der Waals surface area (Å²) < 4.78 is 8.30. The molecule has 1 unspecified atom stereocenters. The molecule has 120 valence electrons. The molecule has 0 radical (unpaired) electrons. The van der Waals surface area contributed by atoms with E-state index in [1.54, 1.807) is 6.20 Å². The molecule has 0 amide bonds. The van der Waals surface area contributed by atoms with Crippen molar-refractivity contribution in [1.29, 1.82) is 0 Å². The lowest BCUT2D eigenvalue weighted by Gasteiger charge is -2.38. The highest BCUT2D eigenvalue weighted by atomic mass is 28.4. The highest BCUT2D eigenvalue weighted by Gasteiger charge is 2.42. The Morgan fingerprint density at radius 3 is 2.67 bits per heavy atom. The maximum absolute atomic E-state index is 10.5. The molecule has 1 aromatic rings. The zero-order valence-electron chi connectivity index (χ0n) is 14.1. The fraction of sp³-hybridized carbons (Fsp3) is 0.800. The lowest BCUT2D eigenvalue weighted by molar-refractivity contribution is 0.116. The number of aliphatic hydroxyl groups is 1. The normalized spacial score (nSPS) is 25.3. The van der Waals surface area contributed by atoms with E-state index in [0.717, 1.165) is 13.0 Å². The van der Waals surface area contributed by atoms with Crippen LogP contribution in [-0.2, 0) is 11.5 Å². The molecule has 0 spiro atoms. The molecule has 6 heteroatoms. The quantitative estimate of drug-likeness (QED) is 0.837. The molecule has 1 fully saturated rings. The van der Waals surface area contributed by atoms with E-state index >= 15 is 0 Å². The van der Waals surface area contributed by atoms with Crippen LogP contribution in [0.15, 0.2) is 12.4 Å². The number of nitrogens with one attached hydrogen (secondary N) is 1. The lowest BCUT2D eigenvalue weighted by atomic mass is 10.1. The minimum Gasteiger partial charge on any atom is -0.413 e. The molecule has 5 nitrogen and oxygen atoms in total. The number of nitrogens with zero attached hydrogens (tertiary/aromatic N) is 2. The monoisotopic (exact) mass is 311 g/mol. The molecule has 2 rings (SSSR count). The second kappa shape index (κ2) is 5.83. The summed E-state index contributed by atoms with van der Waals surface area (Å²) in [5.41, 5.74) is 0. The van der Waals surface area contributed by atoms with Gasteiger partial charge in [0.1, 0.15) is 11.9 Å². The van der Waals surface area contributed by atoms with E-state index in [0.29, 0.717) is 5.82 Å². The number of imidazole rings is 1. The topological polar surface area (TPSA) is 59.3 Å². The number of hydrogen-bond donors (Lipinski definition) is 2. The van der Waals surface area contributed by atoms with Gasteiger partial charge in [0.25, 0.3) is 0 Å². The van der Waals surface area contributed by atoms with E-state index in [4.69, 9.17) is 4.43 Å². The number of aryl methyl sites for hydroxylation is 1. The molecule has 0 saturated carbocycles. The summed E-state index contributed by atoms with van der Waals surface area (Å²) in [4.78, 5) is 4.24. The number of rotatable bonds is 4. The van der Waals surface area contributed by atoms with Crippen molar-refractivity contribution >= 4 is 8.32 Å². The van der Waals surface area contributed by atoms with E-state index in [-0.39, 0.29) is 17.2 Å². The first-order valence-electron chi connectivity index (χ1n) is 7.68. The van der Waals surface area contributed by atoms with Gasteiger partial charge in [-0.05, 0) is 24.6 Å². The molecule has 1 aromatic heterocycles. The largest absolute Gasteiger partial charge is 0.413 e. The Balaban J connectivity index is 1.97. The second-order valence-electron chi connectivity index (χ2n) is 7.59. The minimum atomic E-state index is -1.75. The van der Waals surface area contributed by atoms with Gasteiger partial charge in [0.15, 0.2) is 8.32 Å². The van der Waals surface area contributed by atoms with Crippen molar-refractivity contribution < 1.29 is 9.53 Å². The third-order valence-electron chi connectivity index (χ3n) is 4.90. The molecular weight excluding hydrogens is 282 g/mol. The Bertz CT molecular complexity index is 482. The Morgan fingerprint density at radius 2 is 2.14 bits per heavy atom. The van der Waals surface area contributed by atoms with Crippen molar-refractivity contribution in [2.45, 2.75) is 63.6 Å². The summed E-state index contributed by atoms with van der Waals surface area (Å²) in [5.74, 6) is 0.709. The van der Waals surface area contributed by atoms with Crippen molar-refractivity contribution in [3.8, 4) is 0 Å². The maximum Gasteiger partial charge on any atom is 0.192 e. The Labute approximate surface area is 128 Å². The summed E-state index contributed by atoms with van der Waals surface area (Å²) in [5, 5.41) is 14.1. The van der Waals surface area contributed by atoms with Gasteiger partial charge in [-0.15, -0.1) is 0 Å². The van der Waals surface area contributed by atoms with Gasteiger partial charge in [-0.25, -0.2) is 4.98 Å². The van der Waals surface area contributed by atoms with Gasteiger partial charge in [0, 0.05) is 32.0 Å². The molecule has 0 aliphatic carbocycles. The van der Waals surface area contributed by atoms with Crippen molar-refractivity contribution in [2.24, 2.45) is 7.05 Å². The molecule has 1 saturated heterocycles. The number of hydrogen-bond acceptors (Lipinski definition) is 4. The third-order valence-corrected chi connectivity index (χ3v) is 9.43. The first kappa shape index (κ1) is 16.7. The smallest absolute Gasteiger partial charge is 0.192 e. The van der Waals surface area contributed by atoms with Gasteiger partial charge in [0.05, 0.1) is 6.10 Å². The van der Waals surface area contributed by atoms with Gasteiger partial charge in [0.2, 0.25) is 0 Å². The first-order valence-corrected chi connectivity index (χ1v) is 10.6. The third kappa shape index (κ3) is 3.56. The van der Waals surface area contributed by atoms with Crippen LogP contribution in [0.2, 0.25) is 18.1 Å². The van der Waals surface area contributed by atoms with Crippen LogP contribution in [-0.4, -0.2) is 41.7 Å². The van der Waals surface area contributed by atoms with Crippen LogP contribution in [0.5, 0.6) is 0 Å². The van der Waals surface area contributed by atoms with Crippen molar-refractivity contribution in [3.05, 3.63) is 18.2 Å². The van der Waals surface area contributed by atoms with Gasteiger partial charge >= 0.3 is 0 Å². The van der Waals surface area contributed by atoms with Gasteiger partial charge in [-0.3, -0.25) is 0 Å². The zero-order valence-corrected chi connectivity index (χ0v) is 15.1. The second-order valence-corrected chi connectivity index (χ2v) is 12.3. The highest BCUT2D eigenvalue weighted by Crippen LogP contribution is 2.38. The maximum atomic E-state index is 10.5. The van der Waals surface area contributed by atoms with Crippen LogP contribution in [0.4, 0.5) is 0 Å². The molecule has 1 aliphatic rings. The molecule has 3 atom stereocenters. The average molecular weight is 312 g/mol. The number of aromatic nitrogens is 2. The molecule has 0 bridgehead atoms. The van der Waals surface area contributed by atoms with Crippen LogP contribution in [0.3, 0.4) is 0 Å². The fourth-order valence-corrected chi connectivity index (χ4v) is 3.86. The predicted molar refractivity (Wildman–Crippen MR) is 86.6 cm³/mol. The molecule has 2 N–H and O–H groups in total. The van der Waals surface area contributed by atoms with Crippen LogP contribution in [0.25, 0.3) is 0 Å². The van der Waals surface area contributed by atoms with Crippen molar-refractivity contribution in [3.63, 3.8) is 0 Å². The molecule has 1 aliphatic heterocycles. The van der Waals surface area contributed by atoms with Gasteiger partial charge in [-0.2, -0.15) is 0 Å². The van der Waals surface area contributed by atoms with E-state index in [9.17, 15) is 5.11 Å². The molecular formula is C15H29N3O2Si. The zero-order chi connectivity index (χ0) is 15.8. The standard InChI is InChI=1S/C15H29N3O2Si/c1-15(2,3)21(5,6)20-11-9-12(17-10-11)13(19)14-16-7-8-18(14)4/h7-8,11-13,17,19H,9-10H2,1-6H3/t11-,12+,13?/m1/s1. The van der Waals surface area contributed by atoms with E-state index < -0.39 is 14.4 Å². The molecule has 21 heavy (non-hydrogen) atoms. The van der Waals surface area contributed by atoms with Crippen LogP contribution in [0.1, 0.15) is 39.1 Å². The van der Waals surface area contributed by atoms with Crippen LogP contribution >= 0.6 is 0 Å². The van der Waals surface area contributed by atoms with Crippen molar-refractivity contribution in [2.75, 3.05) is 6.54 Å². The average Bonchev–Trinajstić information content (AvgIpc) is 2.95. The minimum absolute atomic E-state index is 0.0147. The summed E-state index contributed by atoms with van der Waals surface area (Å²) >= 11 is 0. The lowest BCUT2D eigenvalue weighted by Crippen LogP contribution is -2.44. The van der Waals surface area contributed by atoms with Crippen LogP contribution < -0.4 is 5.32 Å². The van der Waals surface area contributed by atoms with E-state index in [2.05, 4.69) is 44.2 Å². The van der Waals surface area contributed by atoms with Crippen molar-refractivity contribution in [1.82, 2.24) is 14.9 Å². The van der Waals surface area contributed by atoms with Gasteiger partial charge < -0.3 is 19.4 Å². The van der Waals surface area contributed by atoms with E-state index in [1.807, 2.05) is 17.8 Å². The van der Waals surface area contributed by atoms with Crippen LogP contribution in [0, 0.1) is 0 Å². The summed E-state index contributed by atoms with van der Waals surface area (Å²) in [7, 11) is 0.153. The van der Waals surface area contributed by atoms with Gasteiger partial charge in [-0.1, -0.05) is 20.8 Å². The fourth-order valence-electron chi connectivity index (χ4n) is 2.50. The summed E-state index contributed by atoms with van der Waals surface area (Å²) in [6.45, 7) is 12.1. The SMILES string of the molecule is Cn1ccnc1C(O)[C@@H]1C[C@@H](O[Si](C)(C)C(C)(C)C)CN1. The molecule has 0 aromatic carbocycles. The Morgan fingerprint density at radius 1 is 1.48 bits per heavy atom.